The van der Waals surface area contributed by atoms with Crippen LogP contribution >= 0.6 is 0 Å². The van der Waals surface area contributed by atoms with E-state index < -0.39 is 0 Å². The van der Waals surface area contributed by atoms with Crippen LogP contribution < -0.4 is 10.6 Å². The number of hydrogen-bond acceptors (Lipinski definition) is 4. The fourth-order valence-electron chi connectivity index (χ4n) is 3.20. The summed E-state index contributed by atoms with van der Waals surface area (Å²) < 4.78 is 0. The molecule has 0 unspecified atom stereocenters. The molecular formula is C21H28N4. The third-order valence-electron chi connectivity index (χ3n) is 4.69. The lowest BCUT2D eigenvalue weighted by Crippen LogP contribution is -2.10. The summed E-state index contributed by atoms with van der Waals surface area (Å²) in [5.74, 6) is 1.58. The Balaban J connectivity index is 1.56. The SMILES string of the molecule is Cc1cc(NCc2ccccc2C)nc(NCCC2=CCCCC2)n1. The summed E-state index contributed by atoms with van der Waals surface area (Å²) in [6.07, 6.45) is 8.65. The van der Waals surface area contributed by atoms with Crippen LogP contribution in [0, 0.1) is 13.8 Å². The maximum Gasteiger partial charge on any atom is 0.224 e. The standard InChI is InChI=1S/C21H28N4/c1-16-8-6-7-11-19(16)15-23-20-14-17(2)24-21(25-20)22-13-12-18-9-4-3-5-10-18/h6-9,11,14H,3-5,10,12-13,15H2,1-2H3,(H2,22,23,24,25). The maximum absolute atomic E-state index is 4.61. The highest BCUT2D eigenvalue weighted by atomic mass is 15.1. The van der Waals surface area contributed by atoms with Gasteiger partial charge in [-0.3, -0.25) is 0 Å². The Morgan fingerprint density at radius 2 is 1.92 bits per heavy atom. The van der Waals surface area contributed by atoms with Gasteiger partial charge in [0.25, 0.3) is 0 Å². The Hall–Kier alpha value is -2.36. The minimum absolute atomic E-state index is 0.712. The molecule has 1 heterocycles. The number of nitrogens with one attached hydrogen (secondary N) is 2. The number of aryl methyl sites for hydroxylation is 2. The second-order valence-electron chi connectivity index (χ2n) is 6.78. The summed E-state index contributed by atoms with van der Waals surface area (Å²) >= 11 is 0. The summed E-state index contributed by atoms with van der Waals surface area (Å²) in [5.41, 5.74) is 5.13. The first kappa shape index (κ1) is 17.5. The lowest BCUT2D eigenvalue weighted by Gasteiger charge is -2.14. The second kappa shape index (κ2) is 8.65. The quantitative estimate of drug-likeness (QED) is 0.698. The van der Waals surface area contributed by atoms with Crippen molar-refractivity contribution in [1.82, 2.24) is 9.97 Å². The van der Waals surface area contributed by atoms with Crippen molar-refractivity contribution in [2.75, 3.05) is 17.2 Å². The molecule has 0 spiro atoms. The molecule has 4 nitrogen and oxygen atoms in total. The Labute approximate surface area is 150 Å². The first-order valence-electron chi connectivity index (χ1n) is 9.26. The van der Waals surface area contributed by atoms with E-state index in [1.807, 2.05) is 13.0 Å². The largest absolute Gasteiger partial charge is 0.366 e. The molecule has 1 aromatic heterocycles. The maximum atomic E-state index is 4.61. The number of anilines is 2. The summed E-state index contributed by atoms with van der Waals surface area (Å²) in [6.45, 7) is 5.81. The van der Waals surface area contributed by atoms with Crippen LogP contribution in [0.1, 0.15) is 48.9 Å². The molecule has 0 radical (unpaired) electrons. The van der Waals surface area contributed by atoms with Gasteiger partial charge in [-0.2, -0.15) is 4.98 Å². The van der Waals surface area contributed by atoms with Crippen molar-refractivity contribution in [2.24, 2.45) is 0 Å². The number of rotatable bonds is 7. The monoisotopic (exact) mass is 336 g/mol. The van der Waals surface area contributed by atoms with Crippen molar-refractivity contribution < 1.29 is 0 Å². The van der Waals surface area contributed by atoms with Crippen LogP contribution in [-0.4, -0.2) is 16.5 Å². The van der Waals surface area contributed by atoms with Crippen molar-refractivity contribution in [3.8, 4) is 0 Å². The number of hydrogen-bond donors (Lipinski definition) is 2. The fraction of sp³-hybridized carbons (Fsp3) is 0.429. The molecule has 0 bridgehead atoms. The van der Waals surface area contributed by atoms with Gasteiger partial charge in [-0.15, -0.1) is 0 Å². The zero-order valence-electron chi connectivity index (χ0n) is 15.3. The molecule has 132 valence electrons. The molecule has 2 N–H and O–H groups in total. The van der Waals surface area contributed by atoms with E-state index in [4.69, 9.17) is 0 Å². The molecule has 1 aromatic carbocycles. The highest BCUT2D eigenvalue weighted by Crippen LogP contribution is 2.20. The van der Waals surface area contributed by atoms with Crippen molar-refractivity contribution in [3.63, 3.8) is 0 Å². The molecule has 0 saturated carbocycles. The fourth-order valence-corrected chi connectivity index (χ4v) is 3.20. The van der Waals surface area contributed by atoms with E-state index in [0.717, 1.165) is 31.0 Å². The van der Waals surface area contributed by atoms with Gasteiger partial charge in [-0.25, -0.2) is 4.98 Å². The predicted octanol–water partition coefficient (Wildman–Crippen LogP) is 5.01. The van der Waals surface area contributed by atoms with Gasteiger partial charge in [0.05, 0.1) is 0 Å². The van der Waals surface area contributed by atoms with Gasteiger partial charge in [-0.1, -0.05) is 35.9 Å². The molecule has 2 aromatic rings. The van der Waals surface area contributed by atoms with E-state index in [0.29, 0.717) is 5.95 Å². The van der Waals surface area contributed by atoms with Crippen LogP contribution in [0.15, 0.2) is 42.0 Å². The van der Waals surface area contributed by atoms with E-state index in [1.54, 1.807) is 5.57 Å². The van der Waals surface area contributed by atoms with Crippen LogP contribution in [0.2, 0.25) is 0 Å². The predicted molar refractivity (Wildman–Crippen MR) is 105 cm³/mol. The van der Waals surface area contributed by atoms with E-state index >= 15 is 0 Å². The van der Waals surface area contributed by atoms with Gasteiger partial charge >= 0.3 is 0 Å². The number of benzene rings is 1. The van der Waals surface area contributed by atoms with Gasteiger partial charge in [0.2, 0.25) is 5.95 Å². The van der Waals surface area contributed by atoms with Gasteiger partial charge in [0.15, 0.2) is 0 Å². The number of nitrogens with zero attached hydrogens (tertiary/aromatic N) is 2. The summed E-state index contributed by atoms with van der Waals surface area (Å²) in [6, 6.07) is 10.4. The van der Waals surface area contributed by atoms with E-state index in [2.05, 4.69) is 57.9 Å². The molecule has 0 aliphatic heterocycles. The van der Waals surface area contributed by atoms with E-state index in [9.17, 15) is 0 Å². The third kappa shape index (κ3) is 5.31. The molecule has 0 amide bonds. The van der Waals surface area contributed by atoms with Crippen LogP contribution in [-0.2, 0) is 6.54 Å². The smallest absolute Gasteiger partial charge is 0.224 e. The average molecular weight is 336 g/mol. The molecule has 4 heteroatoms. The molecule has 0 saturated heterocycles. The zero-order chi connectivity index (χ0) is 17.5. The van der Waals surface area contributed by atoms with Crippen molar-refractivity contribution in [2.45, 2.75) is 52.5 Å². The minimum atomic E-state index is 0.712. The van der Waals surface area contributed by atoms with Gasteiger partial charge in [0, 0.05) is 24.8 Å². The van der Waals surface area contributed by atoms with E-state index in [-0.39, 0.29) is 0 Å². The molecule has 0 fully saturated rings. The Kier molecular flexibility index (Phi) is 6.04. The highest BCUT2D eigenvalue weighted by molar-refractivity contribution is 5.43. The van der Waals surface area contributed by atoms with Crippen molar-refractivity contribution in [1.29, 1.82) is 0 Å². The van der Waals surface area contributed by atoms with Crippen LogP contribution in [0.4, 0.5) is 11.8 Å². The summed E-state index contributed by atoms with van der Waals surface area (Å²) in [4.78, 5) is 9.12. The van der Waals surface area contributed by atoms with Gasteiger partial charge < -0.3 is 10.6 Å². The molecule has 1 aliphatic carbocycles. The zero-order valence-corrected chi connectivity index (χ0v) is 15.3. The van der Waals surface area contributed by atoms with Crippen molar-refractivity contribution >= 4 is 11.8 Å². The van der Waals surface area contributed by atoms with Crippen LogP contribution in [0.3, 0.4) is 0 Å². The Morgan fingerprint density at radius 3 is 2.72 bits per heavy atom. The number of aromatic nitrogens is 2. The Bertz CT molecular complexity index is 736. The lowest BCUT2D eigenvalue weighted by molar-refractivity contribution is 0.679. The minimum Gasteiger partial charge on any atom is -0.366 e. The Morgan fingerprint density at radius 1 is 1.04 bits per heavy atom. The molecule has 0 atom stereocenters. The first-order valence-corrected chi connectivity index (χ1v) is 9.26. The van der Waals surface area contributed by atoms with Crippen LogP contribution in [0.25, 0.3) is 0 Å². The third-order valence-corrected chi connectivity index (χ3v) is 4.69. The average Bonchev–Trinajstić information content (AvgIpc) is 2.62. The van der Waals surface area contributed by atoms with Crippen LogP contribution in [0.5, 0.6) is 0 Å². The van der Waals surface area contributed by atoms with Gasteiger partial charge in [-0.05, 0) is 57.1 Å². The first-order chi connectivity index (χ1) is 12.2. The molecule has 25 heavy (non-hydrogen) atoms. The molecule has 3 rings (SSSR count). The summed E-state index contributed by atoms with van der Waals surface area (Å²) in [7, 11) is 0. The second-order valence-corrected chi connectivity index (χ2v) is 6.78. The highest BCUT2D eigenvalue weighted by Gasteiger charge is 2.06. The number of allylic oxidation sites excluding steroid dienone is 1. The van der Waals surface area contributed by atoms with Crippen molar-refractivity contribution in [3.05, 3.63) is 58.8 Å². The molecule has 1 aliphatic rings. The molecular weight excluding hydrogens is 308 g/mol. The van der Waals surface area contributed by atoms with E-state index in [1.165, 1.54) is 36.8 Å². The topological polar surface area (TPSA) is 49.8 Å². The lowest BCUT2D eigenvalue weighted by atomic mass is 9.97. The normalized spacial score (nSPS) is 14.1. The van der Waals surface area contributed by atoms with Gasteiger partial charge in [0.1, 0.15) is 5.82 Å². The summed E-state index contributed by atoms with van der Waals surface area (Å²) in [5, 5.41) is 6.80.